The number of fused-ring (bicyclic) bond motifs is 1. The van der Waals surface area contributed by atoms with Crippen molar-refractivity contribution < 1.29 is 0 Å². The molecule has 12 heavy (non-hydrogen) atoms. The average molecular weight is 158 g/mol. The maximum atomic E-state index is 2.27. The third-order valence-electron chi connectivity index (χ3n) is 2.74. The van der Waals surface area contributed by atoms with Gasteiger partial charge >= 0.3 is 0 Å². The molecule has 0 nitrogen and oxygen atoms in total. The van der Waals surface area contributed by atoms with Crippen LogP contribution in [0.1, 0.15) is 28.7 Å². The van der Waals surface area contributed by atoms with Crippen LogP contribution in [0.15, 0.2) is 18.2 Å². The summed E-state index contributed by atoms with van der Waals surface area (Å²) in [5.74, 6) is 0. The summed E-state index contributed by atoms with van der Waals surface area (Å²) in [5, 5.41) is 0. The summed E-state index contributed by atoms with van der Waals surface area (Å²) in [5.41, 5.74) is 5.82. The van der Waals surface area contributed by atoms with Gasteiger partial charge in [0.25, 0.3) is 0 Å². The Morgan fingerprint density at radius 3 is 2.83 bits per heavy atom. The molecule has 0 heterocycles. The van der Waals surface area contributed by atoms with E-state index in [0.29, 0.717) is 0 Å². The molecule has 0 saturated heterocycles. The summed E-state index contributed by atoms with van der Waals surface area (Å²) in [6.07, 6.45) is 6.96. The second kappa shape index (κ2) is 2.78. The number of aryl methyl sites for hydroxylation is 2. The summed E-state index contributed by atoms with van der Waals surface area (Å²) < 4.78 is 0. The lowest BCUT2D eigenvalue weighted by atomic mass is 9.91. The van der Waals surface area contributed by atoms with Crippen LogP contribution in [0.3, 0.4) is 0 Å². The van der Waals surface area contributed by atoms with Crippen molar-refractivity contribution >= 4 is 6.08 Å². The third-order valence-corrected chi connectivity index (χ3v) is 2.74. The van der Waals surface area contributed by atoms with Crippen molar-refractivity contribution in [3.05, 3.63) is 40.5 Å². The van der Waals surface area contributed by atoms with E-state index in [1.807, 2.05) is 0 Å². The SMILES string of the molecule is Cc1ccc2c(c1C)C=CCC2. The van der Waals surface area contributed by atoms with Gasteiger partial charge in [-0.2, -0.15) is 0 Å². The van der Waals surface area contributed by atoms with E-state index in [1.54, 1.807) is 0 Å². The topological polar surface area (TPSA) is 0 Å². The van der Waals surface area contributed by atoms with E-state index in [1.165, 1.54) is 35.1 Å². The molecular formula is C12H14. The van der Waals surface area contributed by atoms with Crippen LogP contribution in [0, 0.1) is 13.8 Å². The Balaban J connectivity index is 2.64. The molecule has 0 spiro atoms. The largest absolute Gasteiger partial charge is 0.0836 e. The number of hydrogen-bond acceptors (Lipinski definition) is 0. The van der Waals surface area contributed by atoms with Gasteiger partial charge in [-0.25, -0.2) is 0 Å². The lowest BCUT2D eigenvalue weighted by Crippen LogP contribution is -1.97. The Morgan fingerprint density at radius 2 is 2.00 bits per heavy atom. The van der Waals surface area contributed by atoms with Crippen molar-refractivity contribution in [3.63, 3.8) is 0 Å². The van der Waals surface area contributed by atoms with Gasteiger partial charge in [0.15, 0.2) is 0 Å². The highest BCUT2D eigenvalue weighted by molar-refractivity contribution is 5.61. The highest BCUT2D eigenvalue weighted by atomic mass is 14.1. The zero-order chi connectivity index (χ0) is 8.55. The van der Waals surface area contributed by atoms with Crippen molar-refractivity contribution in [1.29, 1.82) is 0 Å². The summed E-state index contributed by atoms with van der Waals surface area (Å²) >= 11 is 0. The Bertz CT molecular complexity index is 332. The standard InChI is InChI=1S/C12H14/c1-9-7-8-11-5-3-4-6-12(11)10(9)2/h4,6-8H,3,5H2,1-2H3. The molecule has 0 radical (unpaired) electrons. The first-order chi connectivity index (χ1) is 5.79. The van der Waals surface area contributed by atoms with Gasteiger partial charge < -0.3 is 0 Å². The lowest BCUT2D eigenvalue weighted by Gasteiger charge is -2.14. The highest BCUT2D eigenvalue weighted by Gasteiger charge is 2.07. The van der Waals surface area contributed by atoms with Gasteiger partial charge in [-0.3, -0.25) is 0 Å². The molecule has 0 heteroatoms. The number of benzene rings is 1. The van der Waals surface area contributed by atoms with E-state index in [-0.39, 0.29) is 0 Å². The maximum absolute atomic E-state index is 2.27. The van der Waals surface area contributed by atoms with Gasteiger partial charge in [0.2, 0.25) is 0 Å². The molecule has 1 aliphatic carbocycles. The first-order valence-electron chi connectivity index (χ1n) is 4.54. The second-order valence-corrected chi connectivity index (χ2v) is 3.52. The van der Waals surface area contributed by atoms with Gasteiger partial charge in [-0.05, 0) is 48.9 Å². The fourth-order valence-corrected chi connectivity index (χ4v) is 1.78. The molecule has 0 unspecified atom stereocenters. The molecule has 62 valence electrons. The maximum Gasteiger partial charge on any atom is -0.0196 e. The summed E-state index contributed by atoms with van der Waals surface area (Å²) in [6.45, 7) is 4.39. The quantitative estimate of drug-likeness (QED) is 0.543. The molecule has 0 aliphatic heterocycles. The normalized spacial score (nSPS) is 14.5. The van der Waals surface area contributed by atoms with Gasteiger partial charge in [0, 0.05) is 0 Å². The van der Waals surface area contributed by atoms with E-state index in [4.69, 9.17) is 0 Å². The van der Waals surface area contributed by atoms with Crippen molar-refractivity contribution in [3.8, 4) is 0 Å². The average Bonchev–Trinajstić information content (AvgIpc) is 2.12. The van der Waals surface area contributed by atoms with Crippen molar-refractivity contribution in [2.45, 2.75) is 26.7 Å². The van der Waals surface area contributed by atoms with E-state index >= 15 is 0 Å². The zero-order valence-corrected chi connectivity index (χ0v) is 7.72. The highest BCUT2D eigenvalue weighted by Crippen LogP contribution is 2.24. The molecule has 0 bridgehead atoms. The Kier molecular flexibility index (Phi) is 1.76. The van der Waals surface area contributed by atoms with E-state index in [0.717, 1.165) is 0 Å². The van der Waals surface area contributed by atoms with Crippen LogP contribution in [0.25, 0.3) is 6.08 Å². The molecule has 0 fully saturated rings. The van der Waals surface area contributed by atoms with E-state index in [2.05, 4.69) is 38.1 Å². The predicted octanol–water partition coefficient (Wildman–Crippen LogP) is 3.26. The zero-order valence-electron chi connectivity index (χ0n) is 7.72. The minimum absolute atomic E-state index is 1.20. The van der Waals surface area contributed by atoms with Crippen molar-refractivity contribution in [2.24, 2.45) is 0 Å². The smallest absolute Gasteiger partial charge is 0.0196 e. The van der Waals surface area contributed by atoms with Crippen LogP contribution in [-0.4, -0.2) is 0 Å². The molecule has 1 aliphatic rings. The first kappa shape index (κ1) is 7.60. The number of hydrogen-bond donors (Lipinski definition) is 0. The molecule has 1 aromatic rings. The number of rotatable bonds is 0. The van der Waals surface area contributed by atoms with Crippen molar-refractivity contribution in [1.82, 2.24) is 0 Å². The Morgan fingerprint density at radius 1 is 1.17 bits per heavy atom. The van der Waals surface area contributed by atoms with Gasteiger partial charge in [-0.15, -0.1) is 0 Å². The second-order valence-electron chi connectivity index (χ2n) is 3.52. The van der Waals surface area contributed by atoms with Crippen LogP contribution in [0.5, 0.6) is 0 Å². The summed E-state index contributed by atoms with van der Waals surface area (Å²) in [6, 6.07) is 4.49. The molecular weight excluding hydrogens is 144 g/mol. The van der Waals surface area contributed by atoms with Crippen LogP contribution >= 0.6 is 0 Å². The number of allylic oxidation sites excluding steroid dienone is 1. The molecule has 0 saturated carbocycles. The molecule has 2 rings (SSSR count). The molecule has 0 atom stereocenters. The molecule has 0 aromatic heterocycles. The Labute approximate surface area is 73.9 Å². The predicted molar refractivity (Wildman–Crippen MR) is 53.3 cm³/mol. The fourth-order valence-electron chi connectivity index (χ4n) is 1.78. The lowest BCUT2D eigenvalue weighted by molar-refractivity contribution is 0.978. The van der Waals surface area contributed by atoms with Crippen molar-refractivity contribution in [2.75, 3.05) is 0 Å². The van der Waals surface area contributed by atoms with Crippen LogP contribution in [0.4, 0.5) is 0 Å². The summed E-state index contributed by atoms with van der Waals surface area (Å²) in [4.78, 5) is 0. The summed E-state index contributed by atoms with van der Waals surface area (Å²) in [7, 11) is 0. The first-order valence-corrected chi connectivity index (χ1v) is 4.54. The van der Waals surface area contributed by atoms with Crippen LogP contribution in [-0.2, 0) is 6.42 Å². The van der Waals surface area contributed by atoms with Gasteiger partial charge in [-0.1, -0.05) is 24.3 Å². The molecule has 1 aromatic carbocycles. The van der Waals surface area contributed by atoms with Gasteiger partial charge in [0.05, 0.1) is 0 Å². The minimum Gasteiger partial charge on any atom is -0.0836 e. The fraction of sp³-hybridized carbons (Fsp3) is 0.333. The minimum atomic E-state index is 1.20. The molecule has 0 N–H and O–H groups in total. The monoisotopic (exact) mass is 158 g/mol. The van der Waals surface area contributed by atoms with E-state index in [9.17, 15) is 0 Å². The third kappa shape index (κ3) is 1.08. The van der Waals surface area contributed by atoms with Gasteiger partial charge in [0.1, 0.15) is 0 Å². The van der Waals surface area contributed by atoms with Crippen LogP contribution < -0.4 is 0 Å². The van der Waals surface area contributed by atoms with E-state index < -0.39 is 0 Å². The Hall–Kier alpha value is -1.04. The van der Waals surface area contributed by atoms with Crippen LogP contribution in [0.2, 0.25) is 0 Å². The molecule has 0 amide bonds.